The highest BCUT2D eigenvalue weighted by atomic mass is 16.5. The fourth-order valence-corrected chi connectivity index (χ4v) is 3.42. The van der Waals surface area contributed by atoms with E-state index < -0.39 is 6.10 Å². The van der Waals surface area contributed by atoms with Gasteiger partial charge in [-0.3, -0.25) is 9.59 Å². The Labute approximate surface area is 179 Å². The minimum atomic E-state index is -0.709. The monoisotopic (exact) mass is 418 g/mol. The molecule has 1 aliphatic rings. The van der Waals surface area contributed by atoms with Gasteiger partial charge < -0.3 is 24.8 Å². The molecule has 4 rings (SSSR count). The fourth-order valence-electron chi connectivity index (χ4n) is 3.42. The lowest BCUT2D eigenvalue weighted by Crippen LogP contribution is -2.30. The Bertz CT molecular complexity index is 1110. The van der Waals surface area contributed by atoms with Crippen LogP contribution in [0.25, 0.3) is 0 Å². The minimum absolute atomic E-state index is 0.163. The molecule has 1 atom stereocenters. The third-order valence-corrected chi connectivity index (χ3v) is 4.92. The molecule has 3 aromatic rings. The zero-order valence-electron chi connectivity index (χ0n) is 17.2. The number of rotatable bonds is 6. The van der Waals surface area contributed by atoms with E-state index in [2.05, 4.69) is 10.6 Å². The van der Waals surface area contributed by atoms with Crippen molar-refractivity contribution in [2.75, 3.05) is 24.9 Å². The Morgan fingerprint density at radius 3 is 2.52 bits per heavy atom. The number of methoxy groups -OCH3 is 2. The molecule has 1 heterocycles. The van der Waals surface area contributed by atoms with Crippen molar-refractivity contribution < 1.29 is 23.8 Å². The van der Waals surface area contributed by atoms with Gasteiger partial charge in [0, 0.05) is 11.3 Å². The van der Waals surface area contributed by atoms with Gasteiger partial charge in [0.1, 0.15) is 5.75 Å². The van der Waals surface area contributed by atoms with E-state index in [4.69, 9.17) is 14.2 Å². The largest absolute Gasteiger partial charge is 0.493 e. The highest BCUT2D eigenvalue weighted by Crippen LogP contribution is 2.36. The Balaban J connectivity index is 1.45. The smallest absolute Gasteiger partial charge is 0.270 e. The maximum atomic E-state index is 12.5. The van der Waals surface area contributed by atoms with Crippen molar-refractivity contribution >= 4 is 23.2 Å². The van der Waals surface area contributed by atoms with E-state index in [0.29, 0.717) is 28.6 Å². The highest BCUT2D eigenvalue weighted by Gasteiger charge is 2.29. The fraction of sp³-hybridized carbons (Fsp3) is 0.167. The number of hydrogen-bond donors (Lipinski definition) is 2. The maximum absolute atomic E-state index is 12.5. The van der Waals surface area contributed by atoms with Crippen LogP contribution >= 0.6 is 0 Å². The van der Waals surface area contributed by atoms with Crippen LogP contribution in [-0.4, -0.2) is 26.0 Å². The lowest BCUT2D eigenvalue weighted by molar-refractivity contribution is -0.123. The molecule has 0 aromatic heterocycles. The molecule has 7 nitrogen and oxygen atoms in total. The number of fused-ring (bicyclic) bond motifs is 1. The van der Waals surface area contributed by atoms with Gasteiger partial charge in [0.25, 0.3) is 5.91 Å². The molecule has 0 radical (unpaired) electrons. The summed E-state index contributed by atoms with van der Waals surface area (Å²) >= 11 is 0. The average molecular weight is 418 g/mol. The van der Waals surface area contributed by atoms with Crippen LogP contribution in [0.2, 0.25) is 0 Å². The van der Waals surface area contributed by atoms with E-state index in [9.17, 15) is 9.59 Å². The number of hydrogen-bond acceptors (Lipinski definition) is 5. The van der Waals surface area contributed by atoms with Crippen molar-refractivity contribution in [1.82, 2.24) is 0 Å². The second-order valence-electron chi connectivity index (χ2n) is 7.02. The normalized spacial score (nSPS) is 14.6. The molecular formula is C24H22N2O5. The highest BCUT2D eigenvalue weighted by molar-refractivity contribution is 6.00. The molecular weight excluding hydrogens is 396 g/mol. The van der Waals surface area contributed by atoms with Gasteiger partial charge in [0.05, 0.1) is 26.3 Å². The van der Waals surface area contributed by atoms with Crippen molar-refractivity contribution in [1.29, 1.82) is 0 Å². The zero-order chi connectivity index (χ0) is 21.8. The number of amides is 2. The first kappa shape index (κ1) is 20.3. The van der Waals surface area contributed by atoms with Crippen molar-refractivity contribution in [2.24, 2.45) is 0 Å². The molecule has 3 aromatic carbocycles. The SMILES string of the molecule is COc1ccc(CC(=O)Nc2ccc3c(c2)NC(=O)C(c2ccccc2)O3)cc1OC. The third kappa shape index (κ3) is 4.45. The Hall–Kier alpha value is -4.00. The van der Waals surface area contributed by atoms with E-state index in [1.807, 2.05) is 36.4 Å². The van der Waals surface area contributed by atoms with Crippen molar-refractivity contribution in [3.8, 4) is 17.2 Å². The van der Waals surface area contributed by atoms with Crippen LogP contribution in [0, 0.1) is 0 Å². The Morgan fingerprint density at radius 1 is 1.00 bits per heavy atom. The summed E-state index contributed by atoms with van der Waals surface area (Å²) in [4.78, 5) is 25.0. The molecule has 158 valence electrons. The Kier molecular flexibility index (Phi) is 5.75. The number of carbonyl (C=O) groups is 2. The summed E-state index contributed by atoms with van der Waals surface area (Å²) < 4.78 is 16.4. The van der Waals surface area contributed by atoms with Gasteiger partial charge in [0.2, 0.25) is 12.0 Å². The van der Waals surface area contributed by atoms with Crippen LogP contribution in [0.4, 0.5) is 11.4 Å². The molecule has 1 aliphatic heterocycles. The van der Waals surface area contributed by atoms with E-state index in [1.165, 1.54) is 0 Å². The minimum Gasteiger partial charge on any atom is -0.493 e. The average Bonchev–Trinajstić information content (AvgIpc) is 2.79. The Morgan fingerprint density at radius 2 is 1.77 bits per heavy atom. The second-order valence-corrected chi connectivity index (χ2v) is 7.02. The van der Waals surface area contributed by atoms with Crippen LogP contribution in [-0.2, 0) is 16.0 Å². The van der Waals surface area contributed by atoms with Gasteiger partial charge in [0.15, 0.2) is 11.5 Å². The second kappa shape index (κ2) is 8.79. The standard InChI is InChI=1S/C24H22N2O5/c1-29-20-10-8-15(12-21(20)30-2)13-22(27)25-17-9-11-19-18(14-17)26-24(28)23(31-19)16-6-4-3-5-7-16/h3-12,14,23H,13H2,1-2H3,(H,25,27)(H,26,28). The van der Waals surface area contributed by atoms with Gasteiger partial charge in [-0.05, 0) is 35.9 Å². The molecule has 2 amide bonds. The molecule has 0 saturated carbocycles. The lowest BCUT2D eigenvalue weighted by atomic mass is 10.1. The number of anilines is 2. The van der Waals surface area contributed by atoms with Crippen molar-refractivity contribution in [3.05, 3.63) is 77.9 Å². The molecule has 2 N–H and O–H groups in total. The van der Waals surface area contributed by atoms with E-state index in [1.54, 1.807) is 44.6 Å². The molecule has 0 fully saturated rings. The predicted octanol–water partition coefficient (Wildman–Crippen LogP) is 3.96. The molecule has 7 heteroatoms. The first-order valence-electron chi connectivity index (χ1n) is 9.74. The summed E-state index contributed by atoms with van der Waals surface area (Å²) in [5, 5.41) is 5.70. The summed E-state index contributed by atoms with van der Waals surface area (Å²) in [5.74, 6) is 1.26. The molecule has 1 unspecified atom stereocenters. The number of carbonyl (C=O) groups excluding carboxylic acids is 2. The van der Waals surface area contributed by atoms with E-state index in [-0.39, 0.29) is 18.2 Å². The molecule has 0 aliphatic carbocycles. The predicted molar refractivity (Wildman–Crippen MR) is 117 cm³/mol. The summed E-state index contributed by atoms with van der Waals surface area (Å²) in [5.41, 5.74) is 2.64. The van der Waals surface area contributed by atoms with Crippen LogP contribution in [0.1, 0.15) is 17.2 Å². The maximum Gasteiger partial charge on any atom is 0.270 e. The molecule has 0 spiro atoms. The van der Waals surface area contributed by atoms with Crippen LogP contribution < -0.4 is 24.8 Å². The number of ether oxygens (including phenoxy) is 3. The lowest BCUT2D eigenvalue weighted by Gasteiger charge is -2.26. The van der Waals surface area contributed by atoms with Crippen LogP contribution in [0.15, 0.2) is 66.7 Å². The van der Waals surface area contributed by atoms with Gasteiger partial charge in [-0.1, -0.05) is 36.4 Å². The number of nitrogens with one attached hydrogen (secondary N) is 2. The molecule has 31 heavy (non-hydrogen) atoms. The zero-order valence-corrected chi connectivity index (χ0v) is 17.2. The van der Waals surface area contributed by atoms with Crippen LogP contribution in [0.3, 0.4) is 0 Å². The van der Waals surface area contributed by atoms with Gasteiger partial charge >= 0.3 is 0 Å². The van der Waals surface area contributed by atoms with Crippen molar-refractivity contribution in [3.63, 3.8) is 0 Å². The van der Waals surface area contributed by atoms with Gasteiger partial charge in [-0.15, -0.1) is 0 Å². The third-order valence-electron chi connectivity index (χ3n) is 4.92. The summed E-state index contributed by atoms with van der Waals surface area (Å²) in [6.07, 6.45) is -0.546. The van der Waals surface area contributed by atoms with E-state index in [0.717, 1.165) is 11.1 Å². The number of benzene rings is 3. The quantitative estimate of drug-likeness (QED) is 0.633. The summed E-state index contributed by atoms with van der Waals surface area (Å²) in [6, 6.07) is 19.8. The summed E-state index contributed by atoms with van der Waals surface area (Å²) in [6.45, 7) is 0. The molecule has 0 saturated heterocycles. The first-order valence-corrected chi connectivity index (χ1v) is 9.74. The van der Waals surface area contributed by atoms with Gasteiger partial charge in [-0.2, -0.15) is 0 Å². The van der Waals surface area contributed by atoms with E-state index >= 15 is 0 Å². The topological polar surface area (TPSA) is 85.9 Å². The van der Waals surface area contributed by atoms with Gasteiger partial charge in [-0.25, -0.2) is 0 Å². The van der Waals surface area contributed by atoms with Crippen molar-refractivity contribution in [2.45, 2.75) is 12.5 Å². The summed E-state index contributed by atoms with van der Waals surface area (Å²) in [7, 11) is 3.11. The molecule has 0 bridgehead atoms. The first-order chi connectivity index (χ1) is 15.1. The van der Waals surface area contributed by atoms with Crippen LogP contribution in [0.5, 0.6) is 17.2 Å².